The van der Waals surface area contributed by atoms with E-state index in [1.807, 2.05) is 32.0 Å². The van der Waals surface area contributed by atoms with Crippen LogP contribution in [-0.4, -0.2) is 26.9 Å². The summed E-state index contributed by atoms with van der Waals surface area (Å²) in [6.07, 6.45) is 0.0543. The minimum atomic E-state index is 0.00561. The lowest BCUT2D eigenvalue weighted by atomic mass is 10.1. The fourth-order valence-corrected chi connectivity index (χ4v) is 1.71. The van der Waals surface area contributed by atoms with Crippen LogP contribution in [0.4, 0.5) is 0 Å². The van der Waals surface area contributed by atoms with Crippen LogP contribution in [0.2, 0.25) is 0 Å². The van der Waals surface area contributed by atoms with Crippen LogP contribution in [0.1, 0.15) is 31.0 Å². The molecule has 2 N–H and O–H groups in total. The molecule has 1 rings (SSSR count). The van der Waals surface area contributed by atoms with Crippen LogP contribution in [0, 0.1) is 0 Å². The predicted octanol–water partition coefficient (Wildman–Crippen LogP) is 2.27. The molecule has 102 valence electrons. The van der Waals surface area contributed by atoms with E-state index >= 15 is 0 Å². The first kappa shape index (κ1) is 15.0. The zero-order chi connectivity index (χ0) is 13.5. The first-order valence-corrected chi connectivity index (χ1v) is 6.11. The van der Waals surface area contributed by atoms with Crippen molar-refractivity contribution >= 4 is 0 Å². The predicted molar refractivity (Wildman–Crippen MR) is 71.7 cm³/mol. The number of hydrogen-bond acceptors (Lipinski definition) is 4. The number of hydrogen-bond donors (Lipinski definition) is 1. The van der Waals surface area contributed by atoms with Gasteiger partial charge in [-0.2, -0.15) is 0 Å². The summed E-state index contributed by atoms with van der Waals surface area (Å²) in [7, 11) is 3.32. The molecule has 18 heavy (non-hydrogen) atoms. The molecule has 0 aliphatic heterocycles. The standard InChI is InChI=1S/C14H23NO3/c1-10(8-16-3)18-9-13-7-12(11(2)15)5-6-14(13)17-4/h5-7,10-11H,8-9,15H2,1-4H3. The molecule has 0 aromatic heterocycles. The largest absolute Gasteiger partial charge is 0.496 e. The van der Waals surface area contributed by atoms with Gasteiger partial charge in [0, 0.05) is 18.7 Å². The number of nitrogens with two attached hydrogens (primary N) is 1. The van der Waals surface area contributed by atoms with Gasteiger partial charge in [0.05, 0.1) is 26.4 Å². The molecule has 2 atom stereocenters. The molecule has 2 unspecified atom stereocenters. The van der Waals surface area contributed by atoms with E-state index in [2.05, 4.69) is 0 Å². The summed E-state index contributed by atoms with van der Waals surface area (Å²) in [4.78, 5) is 0. The topological polar surface area (TPSA) is 53.7 Å². The van der Waals surface area contributed by atoms with Gasteiger partial charge in [0.15, 0.2) is 0 Å². The second-order valence-electron chi connectivity index (χ2n) is 4.44. The van der Waals surface area contributed by atoms with Gasteiger partial charge in [0.1, 0.15) is 5.75 Å². The van der Waals surface area contributed by atoms with Crippen LogP contribution in [0.5, 0.6) is 5.75 Å². The van der Waals surface area contributed by atoms with Crippen molar-refractivity contribution in [2.24, 2.45) is 5.73 Å². The summed E-state index contributed by atoms with van der Waals surface area (Å²) in [5, 5.41) is 0. The van der Waals surface area contributed by atoms with Crippen LogP contribution < -0.4 is 10.5 Å². The van der Waals surface area contributed by atoms with Gasteiger partial charge in [-0.1, -0.05) is 6.07 Å². The summed E-state index contributed by atoms with van der Waals surface area (Å²) in [6.45, 7) is 5.01. The monoisotopic (exact) mass is 253 g/mol. The zero-order valence-electron chi connectivity index (χ0n) is 11.6. The lowest BCUT2D eigenvalue weighted by Gasteiger charge is -2.16. The Kier molecular flexibility index (Phi) is 6.12. The molecular formula is C14H23NO3. The molecule has 0 amide bonds. The molecule has 0 saturated carbocycles. The van der Waals surface area contributed by atoms with E-state index in [1.54, 1.807) is 14.2 Å². The van der Waals surface area contributed by atoms with Crippen LogP contribution in [0.25, 0.3) is 0 Å². The minimum absolute atomic E-state index is 0.00561. The van der Waals surface area contributed by atoms with Crippen LogP contribution in [-0.2, 0) is 16.1 Å². The normalized spacial score (nSPS) is 14.3. The summed E-state index contributed by atoms with van der Waals surface area (Å²) in [5.74, 6) is 0.823. The quantitative estimate of drug-likeness (QED) is 0.810. The second kappa shape index (κ2) is 7.36. The average molecular weight is 253 g/mol. The summed E-state index contributed by atoms with van der Waals surface area (Å²) < 4.78 is 16.1. The Morgan fingerprint density at radius 3 is 2.50 bits per heavy atom. The Hall–Kier alpha value is -1.10. The Balaban J connectivity index is 2.75. The smallest absolute Gasteiger partial charge is 0.124 e. The van der Waals surface area contributed by atoms with Crippen LogP contribution in [0.15, 0.2) is 18.2 Å². The van der Waals surface area contributed by atoms with Gasteiger partial charge in [-0.15, -0.1) is 0 Å². The SMILES string of the molecule is COCC(C)OCc1cc(C(C)N)ccc1OC. The van der Waals surface area contributed by atoms with Gasteiger partial charge < -0.3 is 19.9 Å². The third-order valence-electron chi connectivity index (χ3n) is 2.75. The average Bonchev–Trinajstić information content (AvgIpc) is 2.36. The number of ether oxygens (including phenoxy) is 3. The van der Waals surface area contributed by atoms with Crippen molar-refractivity contribution < 1.29 is 14.2 Å². The number of methoxy groups -OCH3 is 2. The second-order valence-corrected chi connectivity index (χ2v) is 4.44. The molecular weight excluding hydrogens is 230 g/mol. The number of rotatable bonds is 7. The Bertz CT molecular complexity index is 366. The van der Waals surface area contributed by atoms with Crippen molar-refractivity contribution in [1.82, 2.24) is 0 Å². The van der Waals surface area contributed by atoms with Crippen LogP contribution >= 0.6 is 0 Å². The first-order valence-electron chi connectivity index (χ1n) is 6.11. The van der Waals surface area contributed by atoms with Gasteiger partial charge in [-0.3, -0.25) is 0 Å². The van der Waals surface area contributed by atoms with Crippen LogP contribution in [0.3, 0.4) is 0 Å². The minimum Gasteiger partial charge on any atom is -0.496 e. The highest BCUT2D eigenvalue weighted by Gasteiger charge is 2.09. The van der Waals surface area contributed by atoms with E-state index in [-0.39, 0.29) is 12.1 Å². The molecule has 0 radical (unpaired) electrons. The van der Waals surface area contributed by atoms with E-state index in [9.17, 15) is 0 Å². The molecule has 0 fully saturated rings. The third-order valence-corrected chi connectivity index (χ3v) is 2.75. The van der Waals surface area contributed by atoms with Gasteiger partial charge in [-0.25, -0.2) is 0 Å². The van der Waals surface area contributed by atoms with Crippen molar-refractivity contribution in [3.8, 4) is 5.75 Å². The highest BCUT2D eigenvalue weighted by Crippen LogP contribution is 2.23. The van der Waals surface area contributed by atoms with Crippen molar-refractivity contribution in [3.63, 3.8) is 0 Å². The molecule has 0 aliphatic rings. The molecule has 4 heteroatoms. The molecule has 0 heterocycles. The van der Waals surface area contributed by atoms with Gasteiger partial charge in [0.25, 0.3) is 0 Å². The zero-order valence-corrected chi connectivity index (χ0v) is 11.6. The highest BCUT2D eigenvalue weighted by atomic mass is 16.5. The Labute approximate surface area is 109 Å². The maximum atomic E-state index is 5.88. The van der Waals surface area contributed by atoms with Crippen molar-refractivity contribution in [2.45, 2.75) is 32.6 Å². The van der Waals surface area contributed by atoms with E-state index in [0.29, 0.717) is 13.2 Å². The van der Waals surface area contributed by atoms with Crippen molar-refractivity contribution in [1.29, 1.82) is 0 Å². The maximum absolute atomic E-state index is 5.88. The van der Waals surface area contributed by atoms with Gasteiger partial charge in [0.2, 0.25) is 0 Å². The molecule has 1 aromatic rings. The molecule has 0 saturated heterocycles. The van der Waals surface area contributed by atoms with E-state index in [1.165, 1.54) is 0 Å². The third kappa shape index (κ3) is 4.29. The van der Waals surface area contributed by atoms with E-state index in [4.69, 9.17) is 19.9 Å². The highest BCUT2D eigenvalue weighted by molar-refractivity contribution is 5.37. The summed E-state index contributed by atoms with van der Waals surface area (Å²) in [6, 6.07) is 5.94. The maximum Gasteiger partial charge on any atom is 0.124 e. The fraction of sp³-hybridized carbons (Fsp3) is 0.571. The fourth-order valence-electron chi connectivity index (χ4n) is 1.71. The van der Waals surface area contributed by atoms with E-state index < -0.39 is 0 Å². The lowest BCUT2D eigenvalue weighted by molar-refractivity contribution is -0.000759. The van der Waals surface area contributed by atoms with Crippen molar-refractivity contribution in [2.75, 3.05) is 20.8 Å². The molecule has 0 spiro atoms. The number of benzene rings is 1. The molecule has 4 nitrogen and oxygen atoms in total. The Morgan fingerprint density at radius 2 is 1.94 bits per heavy atom. The summed E-state index contributed by atoms with van der Waals surface area (Å²) >= 11 is 0. The van der Waals surface area contributed by atoms with E-state index in [0.717, 1.165) is 16.9 Å². The first-order chi connectivity index (χ1) is 8.58. The molecule has 0 aliphatic carbocycles. The van der Waals surface area contributed by atoms with Gasteiger partial charge in [-0.05, 0) is 31.5 Å². The lowest BCUT2D eigenvalue weighted by Crippen LogP contribution is -2.15. The molecule has 1 aromatic carbocycles. The summed E-state index contributed by atoms with van der Waals surface area (Å²) in [5.41, 5.74) is 7.96. The molecule has 0 bridgehead atoms. The Morgan fingerprint density at radius 1 is 1.22 bits per heavy atom. The van der Waals surface area contributed by atoms with Crippen molar-refractivity contribution in [3.05, 3.63) is 29.3 Å². The van der Waals surface area contributed by atoms with Gasteiger partial charge >= 0.3 is 0 Å².